The van der Waals surface area contributed by atoms with Gasteiger partial charge in [-0.2, -0.15) is 0 Å². The highest BCUT2D eigenvalue weighted by molar-refractivity contribution is 7.98. The Morgan fingerprint density at radius 1 is 1.45 bits per heavy atom. The van der Waals surface area contributed by atoms with E-state index in [1.807, 2.05) is 22.6 Å². The molecule has 7 heteroatoms. The second kappa shape index (κ2) is 6.42. The number of fused-ring (bicyclic) bond motifs is 1. The maximum Gasteiger partial charge on any atom is 0.272 e. The summed E-state index contributed by atoms with van der Waals surface area (Å²) in [5, 5.41) is 2.47. The molecule has 2 aromatic heterocycles. The van der Waals surface area contributed by atoms with Crippen molar-refractivity contribution in [2.24, 2.45) is 5.92 Å². The number of piperidine rings is 1. The lowest BCUT2D eigenvalue weighted by Gasteiger charge is -2.30. The number of likely N-dealkylation sites (tertiary alicyclic amines) is 1. The van der Waals surface area contributed by atoms with Gasteiger partial charge in [0.15, 0.2) is 5.16 Å². The van der Waals surface area contributed by atoms with Crippen LogP contribution in [0.1, 0.15) is 19.8 Å². The molecule has 2 aromatic rings. The fourth-order valence-electron chi connectivity index (χ4n) is 2.71. The van der Waals surface area contributed by atoms with E-state index in [-0.39, 0.29) is 18.0 Å². The Hall–Kier alpha value is -1.34. The van der Waals surface area contributed by atoms with Gasteiger partial charge in [-0.1, -0.05) is 18.7 Å². The van der Waals surface area contributed by atoms with Gasteiger partial charge in [0.1, 0.15) is 11.2 Å². The second-order valence-electron chi connectivity index (χ2n) is 5.69. The summed E-state index contributed by atoms with van der Waals surface area (Å²) < 4.78 is 2.14. The van der Waals surface area contributed by atoms with Crippen LogP contribution in [0.3, 0.4) is 0 Å². The van der Waals surface area contributed by atoms with Crippen molar-refractivity contribution in [3.8, 4) is 0 Å². The summed E-state index contributed by atoms with van der Waals surface area (Å²) in [5.74, 6) is 0.694. The van der Waals surface area contributed by atoms with Crippen molar-refractivity contribution in [2.45, 2.75) is 31.5 Å². The van der Waals surface area contributed by atoms with Crippen LogP contribution >= 0.6 is 23.1 Å². The van der Waals surface area contributed by atoms with Gasteiger partial charge in [0.05, 0.1) is 5.52 Å². The van der Waals surface area contributed by atoms with E-state index in [1.54, 1.807) is 0 Å². The minimum atomic E-state index is -0.108. The normalized spacial score (nSPS) is 16.4. The summed E-state index contributed by atoms with van der Waals surface area (Å²) in [6.07, 6.45) is 3.96. The number of hydrogen-bond acceptors (Lipinski definition) is 5. The second-order valence-corrected chi connectivity index (χ2v) is 7.38. The molecule has 0 spiro atoms. The fraction of sp³-hybridized carbons (Fsp3) is 0.533. The van der Waals surface area contributed by atoms with Crippen LogP contribution in [0.2, 0.25) is 0 Å². The van der Waals surface area contributed by atoms with Crippen LogP contribution < -0.4 is 5.56 Å². The topological polar surface area (TPSA) is 55.2 Å². The smallest absolute Gasteiger partial charge is 0.272 e. The van der Waals surface area contributed by atoms with E-state index in [0.29, 0.717) is 15.8 Å². The van der Waals surface area contributed by atoms with Crippen LogP contribution in [0.4, 0.5) is 0 Å². The quantitative estimate of drug-likeness (QED) is 0.638. The standard InChI is InChI=1S/C15H19N3O2S2/c1-10-3-6-17(7-4-10)12(19)9-18-14(20)13-11(5-8-22-13)16-15(18)21-2/h5,8,10H,3-4,6-7,9H2,1-2H3. The van der Waals surface area contributed by atoms with Crippen LogP contribution in [-0.4, -0.2) is 39.7 Å². The monoisotopic (exact) mass is 337 g/mol. The van der Waals surface area contributed by atoms with Crippen molar-refractivity contribution in [3.63, 3.8) is 0 Å². The average molecular weight is 337 g/mol. The molecule has 0 bridgehead atoms. The summed E-state index contributed by atoms with van der Waals surface area (Å²) in [5.41, 5.74) is 0.609. The van der Waals surface area contributed by atoms with E-state index in [1.165, 1.54) is 27.7 Å². The van der Waals surface area contributed by atoms with Crippen molar-refractivity contribution in [2.75, 3.05) is 19.3 Å². The van der Waals surface area contributed by atoms with Gasteiger partial charge >= 0.3 is 0 Å². The van der Waals surface area contributed by atoms with Crippen LogP contribution in [-0.2, 0) is 11.3 Å². The van der Waals surface area contributed by atoms with Gasteiger partial charge in [0.25, 0.3) is 5.56 Å². The van der Waals surface area contributed by atoms with E-state index < -0.39 is 0 Å². The molecule has 118 valence electrons. The highest BCUT2D eigenvalue weighted by atomic mass is 32.2. The number of aromatic nitrogens is 2. The molecule has 0 saturated carbocycles. The summed E-state index contributed by atoms with van der Waals surface area (Å²) in [4.78, 5) is 31.5. The third-order valence-corrected chi connectivity index (χ3v) is 5.71. The molecule has 22 heavy (non-hydrogen) atoms. The van der Waals surface area contributed by atoms with Gasteiger partial charge in [-0.05, 0) is 36.5 Å². The number of nitrogens with zero attached hydrogens (tertiary/aromatic N) is 3. The Bertz CT molecular complexity index is 745. The largest absolute Gasteiger partial charge is 0.341 e. The van der Waals surface area contributed by atoms with Gasteiger partial charge in [0.2, 0.25) is 5.91 Å². The molecule has 5 nitrogen and oxygen atoms in total. The van der Waals surface area contributed by atoms with Gasteiger partial charge in [-0.25, -0.2) is 4.98 Å². The van der Waals surface area contributed by atoms with E-state index in [2.05, 4.69) is 11.9 Å². The molecule has 0 N–H and O–H groups in total. The SMILES string of the molecule is CSc1nc2ccsc2c(=O)n1CC(=O)N1CCC(C)CC1. The van der Waals surface area contributed by atoms with E-state index in [4.69, 9.17) is 0 Å². The zero-order valence-electron chi connectivity index (χ0n) is 12.7. The third kappa shape index (κ3) is 2.92. The highest BCUT2D eigenvalue weighted by Crippen LogP contribution is 2.20. The molecule has 0 aromatic carbocycles. The van der Waals surface area contributed by atoms with Crippen molar-refractivity contribution >= 4 is 39.2 Å². The Labute approximate surface area is 137 Å². The molecule has 1 fully saturated rings. The molecule has 0 unspecified atom stereocenters. The van der Waals surface area contributed by atoms with E-state index in [9.17, 15) is 9.59 Å². The average Bonchev–Trinajstić information content (AvgIpc) is 2.99. The number of amides is 1. The number of thioether (sulfide) groups is 1. The van der Waals surface area contributed by atoms with Crippen LogP contribution in [0.5, 0.6) is 0 Å². The highest BCUT2D eigenvalue weighted by Gasteiger charge is 2.22. The molecule has 0 atom stereocenters. The molecule has 3 heterocycles. The summed E-state index contributed by atoms with van der Waals surface area (Å²) in [6, 6.07) is 1.85. The number of thiophene rings is 1. The maximum absolute atomic E-state index is 12.6. The van der Waals surface area contributed by atoms with Gasteiger partial charge in [-0.3, -0.25) is 14.2 Å². The van der Waals surface area contributed by atoms with Crippen molar-refractivity contribution in [1.29, 1.82) is 0 Å². The lowest BCUT2D eigenvalue weighted by Crippen LogP contribution is -2.41. The predicted octanol–water partition coefficient (Wildman–Crippen LogP) is 2.44. The Morgan fingerprint density at radius 3 is 2.86 bits per heavy atom. The van der Waals surface area contributed by atoms with Crippen molar-refractivity contribution in [1.82, 2.24) is 14.5 Å². The summed E-state index contributed by atoms with van der Waals surface area (Å²) >= 11 is 2.78. The van der Waals surface area contributed by atoms with Crippen LogP contribution in [0, 0.1) is 5.92 Å². The first-order valence-corrected chi connectivity index (χ1v) is 9.50. The van der Waals surface area contributed by atoms with Crippen LogP contribution in [0.15, 0.2) is 21.4 Å². The van der Waals surface area contributed by atoms with Gasteiger partial charge in [0, 0.05) is 13.1 Å². The molecular weight excluding hydrogens is 318 g/mol. The lowest BCUT2D eigenvalue weighted by atomic mass is 9.99. The maximum atomic E-state index is 12.6. The first-order chi connectivity index (χ1) is 10.6. The molecule has 0 aliphatic carbocycles. The summed E-state index contributed by atoms with van der Waals surface area (Å²) in [6.45, 7) is 3.88. The minimum Gasteiger partial charge on any atom is -0.341 e. The molecule has 0 radical (unpaired) electrons. The van der Waals surface area contributed by atoms with Crippen LogP contribution in [0.25, 0.3) is 10.2 Å². The summed E-state index contributed by atoms with van der Waals surface area (Å²) in [7, 11) is 0. The molecule has 1 amide bonds. The van der Waals surface area contributed by atoms with Gasteiger partial charge in [-0.15, -0.1) is 11.3 Å². The first kappa shape index (κ1) is 15.6. The molecule has 1 aliphatic heterocycles. The number of hydrogen-bond donors (Lipinski definition) is 0. The zero-order valence-corrected chi connectivity index (χ0v) is 14.4. The van der Waals surface area contributed by atoms with Crippen molar-refractivity contribution in [3.05, 3.63) is 21.8 Å². The van der Waals surface area contributed by atoms with Gasteiger partial charge < -0.3 is 4.90 Å². The first-order valence-electron chi connectivity index (χ1n) is 7.40. The molecular formula is C15H19N3O2S2. The Kier molecular flexibility index (Phi) is 4.54. The molecule has 3 rings (SSSR count). The molecule has 1 aliphatic rings. The zero-order chi connectivity index (χ0) is 15.7. The third-order valence-electron chi connectivity index (χ3n) is 4.14. The number of rotatable bonds is 3. The number of carbonyl (C=O) groups excluding carboxylic acids is 1. The predicted molar refractivity (Wildman–Crippen MR) is 90.6 cm³/mol. The van der Waals surface area contributed by atoms with E-state index >= 15 is 0 Å². The minimum absolute atomic E-state index is 0.0157. The van der Waals surface area contributed by atoms with Crippen molar-refractivity contribution < 1.29 is 4.79 Å². The molecule has 1 saturated heterocycles. The Morgan fingerprint density at radius 2 is 2.18 bits per heavy atom. The lowest BCUT2D eigenvalue weighted by molar-refractivity contribution is -0.133. The number of carbonyl (C=O) groups is 1. The fourth-order valence-corrected chi connectivity index (χ4v) is 4.05. The van der Waals surface area contributed by atoms with E-state index in [0.717, 1.165) is 31.4 Å². The Balaban J connectivity index is 1.88.